The summed E-state index contributed by atoms with van der Waals surface area (Å²) in [6.45, 7) is 7.99. The van der Waals surface area contributed by atoms with E-state index >= 15 is 0 Å². The van der Waals surface area contributed by atoms with E-state index in [0.717, 1.165) is 0 Å². The molecule has 0 bridgehead atoms. The SMILES string of the molecule is COCCCP(=O)(OC(C)C)OC(C)C. The third-order valence-corrected chi connectivity index (χ3v) is 3.87. The normalized spacial score (nSPS) is 12.7. The third-order valence-electron chi connectivity index (χ3n) is 1.52. The van der Waals surface area contributed by atoms with Crippen LogP contribution in [0, 0.1) is 0 Å². The van der Waals surface area contributed by atoms with Crippen molar-refractivity contribution in [3.05, 3.63) is 0 Å². The van der Waals surface area contributed by atoms with Crippen molar-refractivity contribution >= 4 is 7.60 Å². The van der Waals surface area contributed by atoms with Crippen molar-refractivity contribution in [3.63, 3.8) is 0 Å². The lowest BCUT2D eigenvalue weighted by molar-refractivity contribution is 0.138. The van der Waals surface area contributed by atoms with Crippen LogP contribution in [0.3, 0.4) is 0 Å². The molecule has 0 aromatic carbocycles. The maximum Gasteiger partial charge on any atom is 0.331 e. The summed E-state index contributed by atoms with van der Waals surface area (Å²) in [5, 5.41) is 0. The molecule has 0 fully saturated rings. The maximum atomic E-state index is 12.2. The van der Waals surface area contributed by atoms with Crippen molar-refractivity contribution in [3.8, 4) is 0 Å². The monoisotopic (exact) mass is 238 g/mol. The van der Waals surface area contributed by atoms with Gasteiger partial charge in [-0.05, 0) is 34.1 Å². The first-order valence-electron chi connectivity index (χ1n) is 5.34. The summed E-state index contributed by atoms with van der Waals surface area (Å²) < 4.78 is 27.9. The fourth-order valence-electron chi connectivity index (χ4n) is 1.18. The van der Waals surface area contributed by atoms with E-state index in [0.29, 0.717) is 19.2 Å². The molecular weight excluding hydrogens is 215 g/mol. The van der Waals surface area contributed by atoms with Crippen LogP contribution in [0.25, 0.3) is 0 Å². The third kappa shape index (κ3) is 7.97. The smallest absolute Gasteiger partial charge is 0.331 e. The molecule has 4 nitrogen and oxygen atoms in total. The summed E-state index contributed by atoms with van der Waals surface area (Å²) in [7, 11) is -1.32. The van der Waals surface area contributed by atoms with Gasteiger partial charge in [0.05, 0.1) is 18.4 Å². The topological polar surface area (TPSA) is 44.8 Å². The van der Waals surface area contributed by atoms with Crippen molar-refractivity contribution in [1.82, 2.24) is 0 Å². The largest absolute Gasteiger partial charge is 0.385 e. The van der Waals surface area contributed by atoms with Crippen LogP contribution >= 0.6 is 7.60 Å². The quantitative estimate of drug-likeness (QED) is 0.481. The van der Waals surface area contributed by atoms with Gasteiger partial charge in [-0.1, -0.05) is 0 Å². The van der Waals surface area contributed by atoms with Gasteiger partial charge in [0.15, 0.2) is 0 Å². The molecule has 92 valence electrons. The van der Waals surface area contributed by atoms with Gasteiger partial charge in [0.25, 0.3) is 0 Å². The molecule has 0 saturated carbocycles. The van der Waals surface area contributed by atoms with Crippen LogP contribution < -0.4 is 0 Å². The Hall–Kier alpha value is 0.110. The molecule has 0 aliphatic carbocycles. The highest BCUT2D eigenvalue weighted by atomic mass is 31.2. The Morgan fingerprint density at radius 1 is 1.07 bits per heavy atom. The zero-order valence-corrected chi connectivity index (χ0v) is 11.3. The van der Waals surface area contributed by atoms with E-state index < -0.39 is 7.60 Å². The van der Waals surface area contributed by atoms with E-state index in [1.54, 1.807) is 7.11 Å². The average molecular weight is 238 g/mol. The van der Waals surface area contributed by atoms with Crippen LogP contribution in [0.15, 0.2) is 0 Å². The van der Waals surface area contributed by atoms with Gasteiger partial charge in [0, 0.05) is 13.7 Å². The Bertz CT molecular complexity index is 190. The molecule has 0 spiro atoms. The molecule has 0 aliphatic rings. The maximum absolute atomic E-state index is 12.2. The zero-order chi connectivity index (χ0) is 11.9. The highest BCUT2D eigenvalue weighted by Gasteiger charge is 2.26. The summed E-state index contributed by atoms with van der Waals surface area (Å²) in [5.41, 5.74) is 0. The lowest BCUT2D eigenvalue weighted by Gasteiger charge is -2.22. The van der Waals surface area contributed by atoms with E-state index in [-0.39, 0.29) is 12.2 Å². The predicted octanol–water partition coefficient (Wildman–Crippen LogP) is 3.07. The standard InChI is InChI=1S/C10H23O4P/c1-9(2)13-15(11,14-10(3)4)8-6-7-12-5/h9-10H,6-8H2,1-5H3. The molecule has 0 rings (SSSR count). The highest BCUT2D eigenvalue weighted by molar-refractivity contribution is 7.53. The van der Waals surface area contributed by atoms with Gasteiger partial charge in [0.1, 0.15) is 0 Å². The average Bonchev–Trinajstić information content (AvgIpc) is 2.00. The lowest BCUT2D eigenvalue weighted by Crippen LogP contribution is -2.11. The van der Waals surface area contributed by atoms with Gasteiger partial charge in [-0.3, -0.25) is 4.57 Å². The van der Waals surface area contributed by atoms with E-state index in [1.807, 2.05) is 27.7 Å². The van der Waals surface area contributed by atoms with Gasteiger partial charge in [-0.25, -0.2) is 0 Å². The van der Waals surface area contributed by atoms with Crippen LogP contribution in [0.1, 0.15) is 34.1 Å². The van der Waals surface area contributed by atoms with Crippen molar-refractivity contribution < 1.29 is 18.3 Å². The number of rotatable bonds is 8. The molecular formula is C10H23O4P. The summed E-state index contributed by atoms with van der Waals surface area (Å²) in [6, 6.07) is 0. The summed E-state index contributed by atoms with van der Waals surface area (Å²) in [5.74, 6) is 0. The summed E-state index contributed by atoms with van der Waals surface area (Å²) >= 11 is 0. The van der Waals surface area contributed by atoms with Crippen molar-refractivity contribution in [2.75, 3.05) is 19.9 Å². The lowest BCUT2D eigenvalue weighted by atomic mass is 10.5. The van der Waals surface area contributed by atoms with Crippen LogP contribution in [0.4, 0.5) is 0 Å². The van der Waals surface area contributed by atoms with Crippen LogP contribution in [0.2, 0.25) is 0 Å². The van der Waals surface area contributed by atoms with Crippen LogP contribution in [-0.2, 0) is 18.3 Å². The van der Waals surface area contributed by atoms with E-state index in [4.69, 9.17) is 13.8 Å². The fraction of sp³-hybridized carbons (Fsp3) is 1.00. The van der Waals surface area contributed by atoms with Gasteiger partial charge in [-0.15, -0.1) is 0 Å². The van der Waals surface area contributed by atoms with Crippen molar-refractivity contribution in [2.24, 2.45) is 0 Å². The molecule has 0 aromatic heterocycles. The van der Waals surface area contributed by atoms with E-state index in [9.17, 15) is 4.57 Å². The van der Waals surface area contributed by atoms with Crippen molar-refractivity contribution in [1.29, 1.82) is 0 Å². The van der Waals surface area contributed by atoms with E-state index in [2.05, 4.69) is 0 Å². The minimum absolute atomic E-state index is 0.0860. The molecule has 0 radical (unpaired) electrons. The molecule has 0 aromatic rings. The van der Waals surface area contributed by atoms with Gasteiger partial charge >= 0.3 is 7.60 Å². The Labute approximate surface area is 92.8 Å². The highest BCUT2D eigenvalue weighted by Crippen LogP contribution is 2.50. The van der Waals surface area contributed by atoms with Gasteiger partial charge < -0.3 is 13.8 Å². The molecule has 15 heavy (non-hydrogen) atoms. The number of hydrogen-bond acceptors (Lipinski definition) is 4. The molecule has 0 saturated heterocycles. The molecule has 0 amide bonds. The summed E-state index contributed by atoms with van der Waals surface area (Å²) in [4.78, 5) is 0. The minimum atomic E-state index is -2.94. The molecule has 0 aliphatic heterocycles. The molecule has 0 atom stereocenters. The second-order valence-corrected chi connectivity index (χ2v) is 6.08. The number of ether oxygens (including phenoxy) is 1. The van der Waals surface area contributed by atoms with E-state index in [1.165, 1.54) is 0 Å². The van der Waals surface area contributed by atoms with Gasteiger partial charge in [-0.2, -0.15) is 0 Å². The number of methoxy groups -OCH3 is 1. The first kappa shape index (κ1) is 15.1. The Balaban J connectivity index is 4.21. The number of hydrogen-bond donors (Lipinski definition) is 0. The molecule has 0 unspecified atom stereocenters. The molecule has 0 N–H and O–H groups in total. The first-order valence-corrected chi connectivity index (χ1v) is 7.07. The predicted molar refractivity (Wildman–Crippen MR) is 61.4 cm³/mol. The Morgan fingerprint density at radius 3 is 1.87 bits per heavy atom. The second kappa shape index (κ2) is 7.39. The van der Waals surface area contributed by atoms with Crippen molar-refractivity contribution in [2.45, 2.75) is 46.3 Å². The Morgan fingerprint density at radius 2 is 1.53 bits per heavy atom. The van der Waals surface area contributed by atoms with Crippen LogP contribution in [0.5, 0.6) is 0 Å². The second-order valence-electron chi connectivity index (χ2n) is 3.99. The van der Waals surface area contributed by atoms with Crippen LogP contribution in [-0.4, -0.2) is 32.1 Å². The molecule has 0 heterocycles. The fourth-order valence-corrected chi connectivity index (χ4v) is 3.24. The van der Waals surface area contributed by atoms with Gasteiger partial charge in [0.2, 0.25) is 0 Å². The zero-order valence-electron chi connectivity index (χ0n) is 10.4. The molecule has 5 heteroatoms. The Kier molecular flexibility index (Phi) is 7.45. The minimum Gasteiger partial charge on any atom is -0.385 e. The summed E-state index contributed by atoms with van der Waals surface area (Å²) in [6.07, 6.45) is 0.930. The first-order chi connectivity index (χ1) is 6.89.